The van der Waals surface area contributed by atoms with E-state index in [1.807, 2.05) is 24.9 Å². The Hall–Kier alpha value is -2.03. The molecule has 0 fully saturated rings. The molecule has 26 heavy (non-hydrogen) atoms. The molecule has 0 saturated carbocycles. The number of nitrogens with zero attached hydrogens (tertiary/aromatic N) is 2. The Labute approximate surface area is 170 Å². The summed E-state index contributed by atoms with van der Waals surface area (Å²) >= 11 is 0. The van der Waals surface area contributed by atoms with Crippen molar-refractivity contribution in [2.45, 2.75) is 20.0 Å². The number of hydrogen-bond donors (Lipinski definition) is 2. The van der Waals surface area contributed by atoms with Crippen LogP contribution in [0.25, 0.3) is 0 Å². The molecule has 2 aromatic carbocycles. The van der Waals surface area contributed by atoms with Crippen molar-refractivity contribution in [1.29, 1.82) is 0 Å². The van der Waals surface area contributed by atoms with Crippen molar-refractivity contribution >= 4 is 29.9 Å². The molecule has 0 bridgehead atoms. The summed E-state index contributed by atoms with van der Waals surface area (Å²) in [5.74, 6) is 1.26. The Balaban J connectivity index is 0.00000338. The van der Waals surface area contributed by atoms with E-state index in [1.54, 1.807) is 31.4 Å². The number of aromatic hydroxyl groups is 1. The van der Waals surface area contributed by atoms with Crippen molar-refractivity contribution in [3.63, 3.8) is 0 Å². The van der Waals surface area contributed by atoms with E-state index >= 15 is 0 Å². The van der Waals surface area contributed by atoms with E-state index < -0.39 is 0 Å². The molecule has 0 heterocycles. The van der Waals surface area contributed by atoms with E-state index in [4.69, 9.17) is 4.74 Å². The van der Waals surface area contributed by atoms with Gasteiger partial charge in [0.05, 0.1) is 13.7 Å². The zero-order chi connectivity index (χ0) is 18.2. The summed E-state index contributed by atoms with van der Waals surface area (Å²) in [6, 6.07) is 11.5. The first-order valence-corrected chi connectivity index (χ1v) is 8.13. The lowest BCUT2D eigenvalue weighted by atomic mass is 10.2. The first-order valence-electron chi connectivity index (χ1n) is 8.13. The Morgan fingerprint density at radius 3 is 2.69 bits per heavy atom. The smallest absolute Gasteiger partial charge is 0.194 e. The molecule has 0 saturated heterocycles. The van der Waals surface area contributed by atoms with Crippen molar-refractivity contribution < 1.29 is 14.2 Å². The Bertz CT molecular complexity index is 740. The van der Waals surface area contributed by atoms with Crippen molar-refractivity contribution in [2.24, 2.45) is 4.99 Å². The number of halogens is 2. The van der Waals surface area contributed by atoms with Gasteiger partial charge in [-0.25, -0.2) is 9.38 Å². The Kier molecular flexibility index (Phi) is 9.18. The van der Waals surface area contributed by atoms with Crippen molar-refractivity contribution in [1.82, 2.24) is 10.2 Å². The Morgan fingerprint density at radius 1 is 1.27 bits per heavy atom. The minimum atomic E-state index is -0.255. The second-order valence-electron chi connectivity index (χ2n) is 5.65. The van der Waals surface area contributed by atoms with Crippen LogP contribution in [0.4, 0.5) is 4.39 Å². The molecular weight excluding hydrogens is 448 g/mol. The molecule has 0 aliphatic rings. The van der Waals surface area contributed by atoms with Gasteiger partial charge in [0.25, 0.3) is 0 Å². The van der Waals surface area contributed by atoms with Gasteiger partial charge in [0, 0.05) is 25.7 Å². The van der Waals surface area contributed by atoms with Crippen LogP contribution in [0.3, 0.4) is 0 Å². The van der Waals surface area contributed by atoms with Gasteiger partial charge < -0.3 is 20.1 Å². The van der Waals surface area contributed by atoms with Crippen LogP contribution in [0.5, 0.6) is 11.5 Å². The highest BCUT2D eigenvalue weighted by Gasteiger charge is 2.09. The van der Waals surface area contributed by atoms with Crippen LogP contribution < -0.4 is 10.1 Å². The number of hydrogen-bond acceptors (Lipinski definition) is 3. The average molecular weight is 473 g/mol. The summed E-state index contributed by atoms with van der Waals surface area (Å²) in [4.78, 5) is 6.47. The fourth-order valence-corrected chi connectivity index (χ4v) is 2.43. The summed E-state index contributed by atoms with van der Waals surface area (Å²) in [6.07, 6.45) is 0. The third kappa shape index (κ3) is 6.36. The van der Waals surface area contributed by atoms with Crippen LogP contribution in [0.15, 0.2) is 47.5 Å². The molecule has 0 amide bonds. The monoisotopic (exact) mass is 473 g/mol. The van der Waals surface area contributed by atoms with Crippen LogP contribution in [-0.2, 0) is 13.1 Å². The van der Waals surface area contributed by atoms with E-state index in [0.717, 1.165) is 5.56 Å². The maximum Gasteiger partial charge on any atom is 0.194 e. The van der Waals surface area contributed by atoms with Crippen LogP contribution in [-0.4, -0.2) is 36.7 Å². The largest absolute Gasteiger partial charge is 0.508 e. The average Bonchev–Trinajstić information content (AvgIpc) is 2.59. The maximum atomic E-state index is 13.3. The second kappa shape index (κ2) is 10.8. The van der Waals surface area contributed by atoms with E-state index in [2.05, 4.69) is 10.3 Å². The Morgan fingerprint density at radius 2 is 2.04 bits per heavy atom. The van der Waals surface area contributed by atoms with E-state index in [9.17, 15) is 9.50 Å². The molecule has 0 radical (unpaired) electrons. The van der Waals surface area contributed by atoms with E-state index in [1.165, 1.54) is 12.1 Å². The van der Waals surface area contributed by atoms with Gasteiger partial charge in [-0.3, -0.25) is 0 Å². The summed E-state index contributed by atoms with van der Waals surface area (Å²) in [6.45, 7) is 3.51. The molecule has 5 nitrogen and oxygen atoms in total. The number of phenols is 1. The molecule has 0 aromatic heterocycles. The molecule has 142 valence electrons. The highest BCUT2D eigenvalue weighted by atomic mass is 127. The fraction of sp³-hybridized carbons (Fsp3) is 0.316. The summed E-state index contributed by atoms with van der Waals surface area (Å²) < 4.78 is 18.5. The molecule has 2 aromatic rings. The topological polar surface area (TPSA) is 57.1 Å². The molecule has 7 heteroatoms. The molecule has 2 N–H and O–H groups in total. The highest BCUT2D eigenvalue weighted by molar-refractivity contribution is 14.0. The molecule has 0 atom stereocenters. The predicted molar refractivity (Wildman–Crippen MR) is 113 cm³/mol. The maximum absolute atomic E-state index is 13.3. The molecule has 2 rings (SSSR count). The molecule has 0 aliphatic heterocycles. The first kappa shape index (κ1) is 22.0. The fourth-order valence-electron chi connectivity index (χ4n) is 2.43. The van der Waals surface area contributed by atoms with Crippen LogP contribution in [0.2, 0.25) is 0 Å². The van der Waals surface area contributed by atoms with Crippen LogP contribution in [0, 0.1) is 5.82 Å². The minimum absolute atomic E-state index is 0. The summed E-state index contributed by atoms with van der Waals surface area (Å²) in [5.41, 5.74) is 1.53. The summed E-state index contributed by atoms with van der Waals surface area (Å²) in [5, 5.41) is 13.2. The molecule has 0 aliphatic carbocycles. The zero-order valence-electron chi connectivity index (χ0n) is 15.2. The van der Waals surface area contributed by atoms with E-state index in [-0.39, 0.29) is 35.5 Å². The first-order chi connectivity index (χ1) is 12.0. The van der Waals surface area contributed by atoms with Gasteiger partial charge in [-0.05, 0) is 42.8 Å². The van der Waals surface area contributed by atoms with Gasteiger partial charge >= 0.3 is 0 Å². The number of rotatable bonds is 6. The van der Waals surface area contributed by atoms with Gasteiger partial charge in [0.2, 0.25) is 0 Å². The van der Waals surface area contributed by atoms with E-state index in [0.29, 0.717) is 36.9 Å². The van der Waals surface area contributed by atoms with Gasteiger partial charge in [0.1, 0.15) is 17.3 Å². The number of benzene rings is 2. The second-order valence-corrected chi connectivity index (χ2v) is 5.65. The van der Waals surface area contributed by atoms with Gasteiger partial charge in [0.15, 0.2) is 5.96 Å². The number of nitrogens with one attached hydrogen (secondary N) is 1. The van der Waals surface area contributed by atoms with Gasteiger partial charge in [-0.2, -0.15) is 0 Å². The normalized spacial score (nSPS) is 10.8. The van der Waals surface area contributed by atoms with Crippen LogP contribution in [0.1, 0.15) is 18.1 Å². The van der Waals surface area contributed by atoms with Gasteiger partial charge in [-0.1, -0.05) is 12.1 Å². The zero-order valence-corrected chi connectivity index (χ0v) is 17.5. The van der Waals surface area contributed by atoms with Crippen molar-refractivity contribution in [3.05, 3.63) is 59.4 Å². The van der Waals surface area contributed by atoms with Gasteiger partial charge in [-0.15, -0.1) is 24.0 Å². The lowest BCUT2D eigenvalue weighted by Crippen LogP contribution is -2.38. The molecular formula is C19H25FIN3O2. The third-order valence-corrected chi connectivity index (χ3v) is 3.69. The minimum Gasteiger partial charge on any atom is -0.508 e. The number of ether oxygens (including phenoxy) is 1. The predicted octanol–water partition coefficient (Wildman–Crippen LogP) is 3.76. The van der Waals surface area contributed by atoms with Crippen molar-refractivity contribution in [3.8, 4) is 11.5 Å². The third-order valence-electron chi connectivity index (χ3n) is 3.69. The SMILES string of the molecule is CCNC(=NCc1cc(OC)ccc1O)N(C)Cc1cccc(F)c1.I. The lowest BCUT2D eigenvalue weighted by molar-refractivity contribution is 0.410. The lowest BCUT2D eigenvalue weighted by Gasteiger charge is -2.22. The number of aliphatic imine (C=N–C) groups is 1. The standard InChI is InChI=1S/C19H24FN3O2.HI/c1-4-21-19(23(2)13-14-6-5-7-16(20)10-14)22-12-15-11-17(25-3)8-9-18(15)24;/h5-11,24H,4,12-13H2,1-3H3,(H,21,22);1H. The summed E-state index contributed by atoms with van der Waals surface area (Å²) in [7, 11) is 3.47. The number of phenolic OH excluding ortho intramolecular Hbond substituents is 1. The molecule has 0 spiro atoms. The number of guanidine groups is 1. The molecule has 0 unspecified atom stereocenters. The highest BCUT2D eigenvalue weighted by Crippen LogP contribution is 2.23. The quantitative estimate of drug-likeness (QED) is 0.381. The van der Waals surface area contributed by atoms with Crippen LogP contribution >= 0.6 is 24.0 Å². The number of methoxy groups -OCH3 is 1. The van der Waals surface area contributed by atoms with Crippen molar-refractivity contribution in [2.75, 3.05) is 20.7 Å².